The minimum absolute atomic E-state index is 0.249. The van der Waals surface area contributed by atoms with Gasteiger partial charge in [0.25, 0.3) is 0 Å². The minimum Gasteiger partial charge on any atom is -0.484 e. The van der Waals surface area contributed by atoms with Gasteiger partial charge in [-0.1, -0.05) is 18.2 Å². The number of hydrogen-bond donors (Lipinski definition) is 1. The van der Waals surface area contributed by atoms with Gasteiger partial charge in [0, 0.05) is 18.1 Å². The van der Waals surface area contributed by atoms with Gasteiger partial charge in [0.05, 0.1) is 0 Å². The molecular formula is C14H18N2O. The first-order chi connectivity index (χ1) is 8.12. The molecule has 3 nitrogen and oxygen atoms in total. The summed E-state index contributed by atoms with van der Waals surface area (Å²) in [4.78, 5) is 4.38. The number of likely N-dealkylation sites (N-methyl/N-ethyl adjacent to an activating group) is 1. The van der Waals surface area contributed by atoms with Gasteiger partial charge in [0.2, 0.25) is 0 Å². The molecular weight excluding hydrogens is 212 g/mol. The zero-order valence-electron chi connectivity index (χ0n) is 10.5. The SMILES string of the molecule is CNCC(C)(C)Oc1cccc2cccnc12. The summed E-state index contributed by atoms with van der Waals surface area (Å²) in [5, 5.41) is 4.23. The molecule has 0 aliphatic rings. The van der Waals surface area contributed by atoms with E-state index >= 15 is 0 Å². The Balaban J connectivity index is 2.36. The number of ether oxygens (including phenoxy) is 1. The maximum Gasteiger partial charge on any atom is 0.146 e. The zero-order valence-corrected chi connectivity index (χ0v) is 10.5. The van der Waals surface area contributed by atoms with E-state index in [4.69, 9.17) is 4.74 Å². The molecule has 0 aliphatic carbocycles. The molecule has 0 amide bonds. The van der Waals surface area contributed by atoms with Crippen molar-refractivity contribution in [1.29, 1.82) is 0 Å². The van der Waals surface area contributed by atoms with Crippen LogP contribution in [0.25, 0.3) is 10.9 Å². The molecule has 0 saturated carbocycles. The summed E-state index contributed by atoms with van der Waals surface area (Å²) in [7, 11) is 1.92. The fourth-order valence-electron chi connectivity index (χ4n) is 1.92. The number of hydrogen-bond acceptors (Lipinski definition) is 3. The first kappa shape index (κ1) is 11.9. The molecule has 0 radical (unpaired) electrons. The number of rotatable bonds is 4. The highest BCUT2D eigenvalue weighted by molar-refractivity contribution is 5.84. The lowest BCUT2D eigenvalue weighted by atomic mass is 10.1. The minimum atomic E-state index is -0.249. The highest BCUT2D eigenvalue weighted by Gasteiger charge is 2.19. The number of nitrogens with one attached hydrogen (secondary N) is 1. The van der Waals surface area contributed by atoms with Crippen molar-refractivity contribution in [2.75, 3.05) is 13.6 Å². The fourth-order valence-corrected chi connectivity index (χ4v) is 1.92. The van der Waals surface area contributed by atoms with E-state index in [-0.39, 0.29) is 5.60 Å². The van der Waals surface area contributed by atoms with Crippen LogP contribution in [0.2, 0.25) is 0 Å². The topological polar surface area (TPSA) is 34.1 Å². The average molecular weight is 230 g/mol. The third-order valence-corrected chi connectivity index (χ3v) is 2.58. The average Bonchev–Trinajstić information content (AvgIpc) is 2.29. The van der Waals surface area contributed by atoms with Crippen molar-refractivity contribution in [3.05, 3.63) is 36.5 Å². The number of aromatic nitrogens is 1. The lowest BCUT2D eigenvalue weighted by Crippen LogP contribution is -2.38. The quantitative estimate of drug-likeness (QED) is 0.876. The standard InChI is InChI=1S/C14H18N2O/c1-14(2,10-15-3)17-12-8-4-6-11-7-5-9-16-13(11)12/h4-9,15H,10H2,1-3H3. The van der Waals surface area contributed by atoms with Crippen LogP contribution < -0.4 is 10.1 Å². The van der Waals surface area contributed by atoms with Crippen LogP contribution in [0, 0.1) is 0 Å². The Labute approximate surface area is 102 Å². The lowest BCUT2D eigenvalue weighted by Gasteiger charge is -2.26. The van der Waals surface area contributed by atoms with E-state index in [9.17, 15) is 0 Å². The van der Waals surface area contributed by atoms with Crippen LogP contribution in [0.3, 0.4) is 0 Å². The maximum absolute atomic E-state index is 6.03. The number of pyridine rings is 1. The molecule has 1 heterocycles. The van der Waals surface area contributed by atoms with Gasteiger partial charge in [-0.3, -0.25) is 4.98 Å². The molecule has 1 aromatic carbocycles. The van der Waals surface area contributed by atoms with Gasteiger partial charge in [-0.15, -0.1) is 0 Å². The summed E-state index contributed by atoms with van der Waals surface area (Å²) in [5.41, 5.74) is 0.666. The van der Waals surface area contributed by atoms with Crippen molar-refractivity contribution >= 4 is 10.9 Å². The number of fused-ring (bicyclic) bond motifs is 1. The number of benzene rings is 1. The Bertz CT molecular complexity index is 503. The molecule has 2 aromatic rings. The van der Waals surface area contributed by atoms with Crippen LogP contribution in [-0.4, -0.2) is 24.2 Å². The monoisotopic (exact) mass is 230 g/mol. The van der Waals surface area contributed by atoms with Crippen LogP contribution in [0.1, 0.15) is 13.8 Å². The molecule has 0 unspecified atom stereocenters. The van der Waals surface area contributed by atoms with Gasteiger partial charge in [0.1, 0.15) is 16.9 Å². The van der Waals surface area contributed by atoms with Crippen molar-refractivity contribution in [3.63, 3.8) is 0 Å². The van der Waals surface area contributed by atoms with E-state index in [2.05, 4.69) is 24.1 Å². The fraction of sp³-hybridized carbons (Fsp3) is 0.357. The van der Waals surface area contributed by atoms with Gasteiger partial charge < -0.3 is 10.1 Å². The Morgan fingerprint density at radius 2 is 2.00 bits per heavy atom. The van der Waals surface area contributed by atoms with Gasteiger partial charge in [-0.2, -0.15) is 0 Å². The maximum atomic E-state index is 6.03. The van der Waals surface area contributed by atoms with Crippen LogP contribution in [0.5, 0.6) is 5.75 Å². The molecule has 1 N–H and O–H groups in total. The molecule has 0 bridgehead atoms. The summed E-state index contributed by atoms with van der Waals surface area (Å²) < 4.78 is 6.03. The Morgan fingerprint density at radius 3 is 2.76 bits per heavy atom. The van der Waals surface area contributed by atoms with Gasteiger partial charge in [-0.05, 0) is 33.0 Å². The highest BCUT2D eigenvalue weighted by Crippen LogP contribution is 2.26. The van der Waals surface area contributed by atoms with E-state index in [0.29, 0.717) is 0 Å². The smallest absolute Gasteiger partial charge is 0.146 e. The zero-order chi connectivity index (χ0) is 12.3. The molecule has 0 spiro atoms. The highest BCUT2D eigenvalue weighted by atomic mass is 16.5. The second-order valence-corrected chi connectivity index (χ2v) is 4.72. The van der Waals surface area contributed by atoms with E-state index in [0.717, 1.165) is 23.2 Å². The molecule has 0 atom stereocenters. The van der Waals surface area contributed by atoms with Crippen LogP contribution in [0.4, 0.5) is 0 Å². The van der Waals surface area contributed by atoms with Crippen LogP contribution >= 0.6 is 0 Å². The van der Waals surface area contributed by atoms with E-state index in [1.165, 1.54) is 0 Å². The summed E-state index contributed by atoms with van der Waals surface area (Å²) in [6.45, 7) is 4.91. The van der Waals surface area contributed by atoms with E-state index in [1.807, 2.05) is 37.4 Å². The predicted octanol–water partition coefficient (Wildman–Crippen LogP) is 2.61. The molecule has 3 heteroatoms. The molecule has 90 valence electrons. The van der Waals surface area contributed by atoms with Gasteiger partial charge in [-0.25, -0.2) is 0 Å². The van der Waals surface area contributed by atoms with Crippen molar-refractivity contribution in [2.45, 2.75) is 19.4 Å². The van der Waals surface area contributed by atoms with Crippen molar-refractivity contribution in [3.8, 4) is 5.75 Å². The first-order valence-electron chi connectivity index (χ1n) is 5.80. The molecule has 0 saturated heterocycles. The number of nitrogens with zero attached hydrogens (tertiary/aromatic N) is 1. The summed E-state index contributed by atoms with van der Waals surface area (Å²) in [6.07, 6.45) is 1.79. The van der Waals surface area contributed by atoms with Crippen molar-refractivity contribution < 1.29 is 4.74 Å². The Kier molecular flexibility index (Phi) is 3.29. The van der Waals surface area contributed by atoms with Crippen molar-refractivity contribution in [1.82, 2.24) is 10.3 Å². The third-order valence-electron chi connectivity index (χ3n) is 2.58. The number of para-hydroxylation sites is 1. The Morgan fingerprint density at radius 1 is 1.24 bits per heavy atom. The molecule has 17 heavy (non-hydrogen) atoms. The van der Waals surface area contributed by atoms with Gasteiger partial charge in [0.15, 0.2) is 0 Å². The van der Waals surface area contributed by atoms with Crippen LogP contribution in [-0.2, 0) is 0 Å². The molecule has 0 fully saturated rings. The predicted molar refractivity (Wildman–Crippen MR) is 70.4 cm³/mol. The van der Waals surface area contributed by atoms with Gasteiger partial charge >= 0.3 is 0 Å². The molecule has 2 rings (SSSR count). The molecule has 1 aromatic heterocycles. The first-order valence-corrected chi connectivity index (χ1v) is 5.80. The largest absolute Gasteiger partial charge is 0.484 e. The normalized spacial score (nSPS) is 11.7. The second kappa shape index (κ2) is 4.72. The summed E-state index contributed by atoms with van der Waals surface area (Å²) >= 11 is 0. The van der Waals surface area contributed by atoms with Crippen molar-refractivity contribution in [2.24, 2.45) is 0 Å². The summed E-state index contributed by atoms with van der Waals surface area (Å²) in [6, 6.07) is 9.98. The Hall–Kier alpha value is -1.61. The summed E-state index contributed by atoms with van der Waals surface area (Å²) in [5.74, 6) is 0.836. The third kappa shape index (κ3) is 2.74. The lowest BCUT2D eigenvalue weighted by molar-refractivity contribution is 0.112. The van der Waals surface area contributed by atoms with E-state index in [1.54, 1.807) is 6.20 Å². The second-order valence-electron chi connectivity index (χ2n) is 4.72. The molecule has 0 aliphatic heterocycles. The van der Waals surface area contributed by atoms with E-state index < -0.39 is 0 Å². The van der Waals surface area contributed by atoms with Crippen LogP contribution in [0.15, 0.2) is 36.5 Å².